The fourth-order valence-corrected chi connectivity index (χ4v) is 2.93. The summed E-state index contributed by atoms with van der Waals surface area (Å²) in [6.45, 7) is 3.89. The highest BCUT2D eigenvalue weighted by Crippen LogP contribution is 2.17. The summed E-state index contributed by atoms with van der Waals surface area (Å²) in [6, 6.07) is 10.6. The third-order valence-corrected chi connectivity index (χ3v) is 4.21. The molecule has 0 aliphatic carbocycles. The quantitative estimate of drug-likeness (QED) is 0.573. The highest BCUT2D eigenvalue weighted by Gasteiger charge is 2.12. The molecule has 0 atom stereocenters. The Labute approximate surface area is 143 Å². The first-order chi connectivity index (χ1) is 11.4. The molecule has 5 nitrogen and oxygen atoms in total. The molecule has 0 aliphatic rings. The van der Waals surface area contributed by atoms with E-state index in [0.717, 1.165) is 16.8 Å². The molecule has 1 heterocycles. The fraction of sp³-hybridized carbons (Fsp3) is 0.167. The lowest BCUT2D eigenvalue weighted by atomic mass is 10.1. The molecule has 0 spiro atoms. The minimum Gasteiger partial charge on any atom is -0.465 e. The molecule has 0 aliphatic heterocycles. The number of methoxy groups -OCH3 is 1. The molecule has 0 amide bonds. The van der Waals surface area contributed by atoms with Crippen LogP contribution in [0.3, 0.4) is 0 Å². The van der Waals surface area contributed by atoms with Gasteiger partial charge in [-0.2, -0.15) is 0 Å². The maximum Gasteiger partial charge on any atom is 0.337 e. The van der Waals surface area contributed by atoms with Crippen molar-refractivity contribution in [3.05, 3.63) is 68.2 Å². The number of nitrogens with zero attached hydrogens (tertiary/aromatic N) is 1. The summed E-state index contributed by atoms with van der Waals surface area (Å²) < 4.78 is 6.47. The highest BCUT2D eigenvalue weighted by atomic mass is 32.1. The van der Waals surface area contributed by atoms with Crippen molar-refractivity contribution in [1.82, 2.24) is 9.55 Å². The third kappa shape index (κ3) is 2.65. The normalized spacial score (nSPS) is 10.8. The summed E-state index contributed by atoms with van der Waals surface area (Å²) in [6.07, 6.45) is 0. The summed E-state index contributed by atoms with van der Waals surface area (Å²) in [5.41, 5.74) is 3.39. The smallest absolute Gasteiger partial charge is 0.337 e. The fourth-order valence-electron chi connectivity index (χ4n) is 2.64. The molecule has 1 N–H and O–H groups in total. The van der Waals surface area contributed by atoms with Crippen LogP contribution in [0.5, 0.6) is 0 Å². The Morgan fingerprint density at radius 2 is 1.92 bits per heavy atom. The number of aromatic amines is 1. The molecule has 1 aromatic heterocycles. The van der Waals surface area contributed by atoms with Crippen LogP contribution in [0.4, 0.5) is 0 Å². The average molecular weight is 340 g/mol. The molecule has 3 aromatic rings. The molecule has 0 saturated carbocycles. The van der Waals surface area contributed by atoms with E-state index in [-0.39, 0.29) is 10.3 Å². The van der Waals surface area contributed by atoms with Crippen LogP contribution in [0, 0.1) is 18.6 Å². The summed E-state index contributed by atoms with van der Waals surface area (Å²) in [4.78, 5) is 27.6. The Morgan fingerprint density at radius 1 is 1.17 bits per heavy atom. The van der Waals surface area contributed by atoms with Crippen LogP contribution in [-0.2, 0) is 4.74 Å². The standard InChI is InChI=1S/C18H16N2O3S/c1-10-4-5-11(2)15(8-10)20-16(21)13-7-6-12(17(22)23-3)9-14(13)19-18(20)24/h4-9H,1-3H3,(H,19,24). The zero-order valence-electron chi connectivity index (χ0n) is 13.5. The zero-order valence-corrected chi connectivity index (χ0v) is 14.4. The lowest BCUT2D eigenvalue weighted by Crippen LogP contribution is -2.21. The number of nitrogens with one attached hydrogen (secondary N) is 1. The SMILES string of the molecule is COC(=O)c1ccc2c(=O)n(-c3cc(C)ccc3C)c(=S)[nH]c2c1. The summed E-state index contributed by atoms with van der Waals surface area (Å²) >= 11 is 5.38. The first kappa shape index (κ1) is 16.1. The van der Waals surface area contributed by atoms with Crippen LogP contribution in [0.25, 0.3) is 16.6 Å². The van der Waals surface area contributed by atoms with Crippen molar-refractivity contribution in [2.75, 3.05) is 7.11 Å². The lowest BCUT2D eigenvalue weighted by Gasteiger charge is -2.12. The van der Waals surface area contributed by atoms with Crippen LogP contribution in [-0.4, -0.2) is 22.6 Å². The van der Waals surface area contributed by atoms with E-state index in [1.54, 1.807) is 18.2 Å². The maximum atomic E-state index is 12.9. The first-order valence-corrected chi connectivity index (χ1v) is 7.78. The Morgan fingerprint density at radius 3 is 2.62 bits per heavy atom. The maximum absolute atomic E-state index is 12.9. The predicted molar refractivity (Wildman–Crippen MR) is 95.5 cm³/mol. The Hall–Kier alpha value is -2.73. The van der Waals surface area contributed by atoms with E-state index < -0.39 is 5.97 Å². The van der Waals surface area contributed by atoms with Gasteiger partial charge in [-0.15, -0.1) is 0 Å². The Balaban J connectivity index is 2.32. The number of carbonyl (C=O) groups is 1. The van der Waals surface area contributed by atoms with Crippen LogP contribution in [0.15, 0.2) is 41.2 Å². The minimum atomic E-state index is -0.463. The van der Waals surface area contributed by atoms with Gasteiger partial charge in [0.1, 0.15) is 0 Å². The molecular weight excluding hydrogens is 324 g/mol. The van der Waals surface area contributed by atoms with Gasteiger partial charge in [-0.1, -0.05) is 12.1 Å². The summed E-state index contributed by atoms with van der Waals surface area (Å²) in [5.74, 6) is -0.463. The number of aromatic nitrogens is 2. The van der Waals surface area contributed by atoms with E-state index in [2.05, 4.69) is 4.98 Å². The second kappa shape index (κ2) is 6.05. The number of aryl methyl sites for hydroxylation is 2. The average Bonchev–Trinajstić information content (AvgIpc) is 2.56. The third-order valence-electron chi connectivity index (χ3n) is 3.92. The molecule has 2 aromatic carbocycles. The molecular formula is C18H16N2O3S. The van der Waals surface area contributed by atoms with Gasteiger partial charge in [-0.25, -0.2) is 4.79 Å². The van der Waals surface area contributed by atoms with Crippen molar-refractivity contribution < 1.29 is 9.53 Å². The lowest BCUT2D eigenvalue weighted by molar-refractivity contribution is 0.0601. The number of ether oxygens (including phenoxy) is 1. The number of fused-ring (bicyclic) bond motifs is 1. The number of H-pyrrole nitrogens is 1. The monoisotopic (exact) mass is 340 g/mol. The van der Waals surface area contributed by atoms with Crippen molar-refractivity contribution in [2.45, 2.75) is 13.8 Å². The topological polar surface area (TPSA) is 64.1 Å². The summed E-state index contributed by atoms with van der Waals surface area (Å²) in [7, 11) is 1.31. The van der Waals surface area contributed by atoms with Gasteiger partial charge >= 0.3 is 5.97 Å². The molecule has 3 rings (SSSR count). The largest absolute Gasteiger partial charge is 0.465 e. The highest BCUT2D eigenvalue weighted by molar-refractivity contribution is 7.71. The van der Waals surface area contributed by atoms with Gasteiger partial charge in [0.2, 0.25) is 0 Å². The van der Waals surface area contributed by atoms with Gasteiger partial charge in [0, 0.05) is 0 Å². The van der Waals surface area contributed by atoms with Gasteiger partial charge < -0.3 is 9.72 Å². The first-order valence-electron chi connectivity index (χ1n) is 7.37. The molecule has 0 radical (unpaired) electrons. The zero-order chi connectivity index (χ0) is 17.4. The number of benzene rings is 2. The molecule has 0 bridgehead atoms. The van der Waals surface area contributed by atoms with Gasteiger partial charge in [0.05, 0.1) is 29.3 Å². The van der Waals surface area contributed by atoms with E-state index in [1.807, 2.05) is 32.0 Å². The van der Waals surface area contributed by atoms with E-state index in [0.29, 0.717) is 16.5 Å². The van der Waals surface area contributed by atoms with Gasteiger partial charge in [0.15, 0.2) is 4.77 Å². The van der Waals surface area contributed by atoms with E-state index in [9.17, 15) is 9.59 Å². The Bertz CT molecular complexity index is 1080. The van der Waals surface area contributed by atoms with Crippen LogP contribution < -0.4 is 5.56 Å². The van der Waals surface area contributed by atoms with E-state index >= 15 is 0 Å². The van der Waals surface area contributed by atoms with Gasteiger partial charge in [0.25, 0.3) is 5.56 Å². The number of esters is 1. The van der Waals surface area contributed by atoms with Crippen LogP contribution in [0.2, 0.25) is 0 Å². The van der Waals surface area contributed by atoms with Crippen molar-refractivity contribution in [3.63, 3.8) is 0 Å². The molecule has 24 heavy (non-hydrogen) atoms. The molecule has 6 heteroatoms. The Kier molecular flexibility index (Phi) is 4.07. The number of rotatable bonds is 2. The van der Waals surface area contributed by atoms with Gasteiger partial charge in [-0.3, -0.25) is 9.36 Å². The van der Waals surface area contributed by atoms with Gasteiger partial charge in [-0.05, 0) is 61.5 Å². The van der Waals surface area contributed by atoms with E-state index in [4.69, 9.17) is 17.0 Å². The van der Waals surface area contributed by atoms with Crippen molar-refractivity contribution in [1.29, 1.82) is 0 Å². The minimum absolute atomic E-state index is 0.223. The van der Waals surface area contributed by atoms with Crippen LogP contribution in [0.1, 0.15) is 21.5 Å². The number of hydrogen-bond acceptors (Lipinski definition) is 4. The molecule has 0 unspecified atom stereocenters. The van der Waals surface area contributed by atoms with Crippen LogP contribution >= 0.6 is 12.2 Å². The number of carbonyl (C=O) groups excluding carboxylic acids is 1. The van der Waals surface area contributed by atoms with Crippen molar-refractivity contribution in [3.8, 4) is 5.69 Å². The molecule has 0 saturated heterocycles. The second-order valence-electron chi connectivity index (χ2n) is 5.61. The molecule has 122 valence electrons. The predicted octanol–water partition coefficient (Wildman–Crippen LogP) is 3.45. The number of hydrogen-bond donors (Lipinski definition) is 1. The van der Waals surface area contributed by atoms with E-state index in [1.165, 1.54) is 11.7 Å². The molecule has 0 fully saturated rings. The van der Waals surface area contributed by atoms with Crippen molar-refractivity contribution in [2.24, 2.45) is 0 Å². The van der Waals surface area contributed by atoms with Crippen molar-refractivity contribution >= 4 is 29.1 Å². The second-order valence-corrected chi connectivity index (χ2v) is 6.00. The summed E-state index contributed by atoms with van der Waals surface area (Å²) in [5, 5.41) is 0.456.